The van der Waals surface area contributed by atoms with Gasteiger partial charge >= 0.3 is 0 Å². The summed E-state index contributed by atoms with van der Waals surface area (Å²) >= 11 is 6.46. The van der Waals surface area contributed by atoms with Crippen molar-refractivity contribution in [1.29, 1.82) is 0 Å². The Morgan fingerprint density at radius 3 is 3.00 bits per heavy atom. The molecule has 0 radical (unpaired) electrons. The van der Waals surface area contributed by atoms with E-state index in [1.54, 1.807) is 7.11 Å². The lowest BCUT2D eigenvalue weighted by Crippen LogP contribution is -2.51. The normalized spacial score (nSPS) is 19.2. The molecule has 0 saturated carbocycles. The van der Waals surface area contributed by atoms with E-state index in [2.05, 4.69) is 9.88 Å². The lowest BCUT2D eigenvalue weighted by atomic mass is 9.82. The molecule has 2 aliphatic rings. The van der Waals surface area contributed by atoms with Crippen molar-refractivity contribution in [3.05, 3.63) is 46.5 Å². The van der Waals surface area contributed by atoms with Gasteiger partial charge in [-0.2, -0.15) is 0 Å². The van der Waals surface area contributed by atoms with Gasteiger partial charge in [0.05, 0.1) is 36.2 Å². The van der Waals surface area contributed by atoms with E-state index < -0.39 is 0 Å². The minimum absolute atomic E-state index is 0.0186. The van der Waals surface area contributed by atoms with Gasteiger partial charge in [-0.25, -0.2) is 4.98 Å². The SMILES string of the molecule is COc1cccc(Cn2cnc3c2CCNC32CCOCC2)c1Cl. The number of aromatic nitrogens is 2. The molecule has 1 spiro atoms. The molecule has 4 rings (SSSR count). The second-order valence-corrected chi connectivity index (χ2v) is 6.85. The summed E-state index contributed by atoms with van der Waals surface area (Å²) in [5.41, 5.74) is 3.54. The number of halogens is 1. The van der Waals surface area contributed by atoms with Crippen molar-refractivity contribution in [3.8, 4) is 5.75 Å². The van der Waals surface area contributed by atoms with Crippen LogP contribution in [0.2, 0.25) is 5.02 Å². The Bertz CT molecular complexity index is 738. The number of fused-ring (bicyclic) bond motifs is 2. The van der Waals surface area contributed by atoms with Gasteiger partial charge in [0.2, 0.25) is 0 Å². The van der Waals surface area contributed by atoms with E-state index in [-0.39, 0.29) is 5.54 Å². The fraction of sp³-hybridized carbons (Fsp3) is 0.500. The van der Waals surface area contributed by atoms with Gasteiger partial charge in [-0.05, 0) is 24.5 Å². The summed E-state index contributed by atoms with van der Waals surface area (Å²) < 4.78 is 13.1. The Hall–Kier alpha value is -1.56. The fourth-order valence-corrected chi connectivity index (χ4v) is 4.13. The molecule has 2 aromatic rings. The third-order valence-electron chi connectivity index (χ3n) is 5.17. The van der Waals surface area contributed by atoms with E-state index in [1.807, 2.05) is 24.5 Å². The Kier molecular flexibility index (Phi) is 4.24. The number of rotatable bonds is 3. The maximum absolute atomic E-state index is 6.46. The van der Waals surface area contributed by atoms with Gasteiger partial charge in [-0.3, -0.25) is 0 Å². The molecule has 1 N–H and O–H groups in total. The standard InChI is InChI=1S/C18H22ClN3O2/c1-23-15-4-2-3-13(16(15)19)11-22-12-20-17-14(22)5-8-21-18(17)6-9-24-10-7-18/h2-4,12,21H,5-11H2,1H3. The van der Waals surface area contributed by atoms with Gasteiger partial charge < -0.3 is 19.4 Å². The molecule has 0 bridgehead atoms. The third-order valence-corrected chi connectivity index (χ3v) is 5.60. The number of hydrogen-bond acceptors (Lipinski definition) is 4. The van der Waals surface area contributed by atoms with Gasteiger partial charge in [0.1, 0.15) is 5.75 Å². The molecule has 1 fully saturated rings. The predicted molar refractivity (Wildman–Crippen MR) is 92.8 cm³/mol. The molecule has 128 valence electrons. The van der Waals surface area contributed by atoms with Crippen molar-refractivity contribution in [2.75, 3.05) is 26.9 Å². The largest absolute Gasteiger partial charge is 0.495 e. The Balaban J connectivity index is 1.67. The smallest absolute Gasteiger partial charge is 0.137 e. The van der Waals surface area contributed by atoms with Gasteiger partial charge in [0, 0.05) is 31.9 Å². The van der Waals surface area contributed by atoms with Crippen LogP contribution in [0.5, 0.6) is 5.75 Å². The number of nitrogens with one attached hydrogen (secondary N) is 1. The van der Waals surface area contributed by atoms with Crippen LogP contribution in [-0.4, -0.2) is 36.4 Å². The molecule has 0 aliphatic carbocycles. The molecule has 0 amide bonds. The zero-order valence-corrected chi connectivity index (χ0v) is 14.6. The summed E-state index contributed by atoms with van der Waals surface area (Å²) in [7, 11) is 1.64. The van der Waals surface area contributed by atoms with Gasteiger partial charge in [-0.1, -0.05) is 23.7 Å². The first-order chi connectivity index (χ1) is 11.7. The molecular formula is C18H22ClN3O2. The van der Waals surface area contributed by atoms with E-state index in [1.165, 1.54) is 11.4 Å². The van der Waals surface area contributed by atoms with Crippen LogP contribution >= 0.6 is 11.6 Å². The molecule has 1 aromatic heterocycles. The van der Waals surface area contributed by atoms with Crippen LogP contribution in [-0.2, 0) is 23.2 Å². The Labute approximate surface area is 146 Å². The molecule has 2 aliphatic heterocycles. The van der Waals surface area contributed by atoms with Gasteiger partial charge in [0.25, 0.3) is 0 Å². The lowest BCUT2D eigenvalue weighted by Gasteiger charge is -2.40. The molecule has 1 aromatic carbocycles. The summed E-state index contributed by atoms with van der Waals surface area (Å²) in [6.07, 6.45) is 4.90. The van der Waals surface area contributed by atoms with E-state index in [0.717, 1.165) is 44.6 Å². The zero-order chi connectivity index (χ0) is 16.6. The van der Waals surface area contributed by atoms with Gasteiger partial charge in [0.15, 0.2) is 0 Å². The fourth-order valence-electron chi connectivity index (χ4n) is 3.86. The minimum Gasteiger partial charge on any atom is -0.495 e. The summed E-state index contributed by atoms with van der Waals surface area (Å²) in [4.78, 5) is 4.77. The molecule has 3 heterocycles. The van der Waals surface area contributed by atoms with Crippen LogP contribution in [0.25, 0.3) is 0 Å². The minimum atomic E-state index is -0.0186. The monoisotopic (exact) mass is 347 g/mol. The quantitative estimate of drug-likeness (QED) is 0.927. The molecule has 0 atom stereocenters. The number of methoxy groups -OCH3 is 1. The summed E-state index contributed by atoms with van der Waals surface area (Å²) in [5.74, 6) is 0.714. The Morgan fingerprint density at radius 2 is 2.21 bits per heavy atom. The molecule has 24 heavy (non-hydrogen) atoms. The van der Waals surface area contributed by atoms with Crippen molar-refractivity contribution in [2.24, 2.45) is 0 Å². The topological polar surface area (TPSA) is 48.3 Å². The van der Waals surface area contributed by atoms with Crippen LogP contribution in [0.15, 0.2) is 24.5 Å². The number of benzene rings is 1. The Morgan fingerprint density at radius 1 is 1.38 bits per heavy atom. The first-order valence-electron chi connectivity index (χ1n) is 8.42. The van der Waals surface area contributed by atoms with E-state index in [0.29, 0.717) is 17.3 Å². The van der Waals surface area contributed by atoms with Crippen LogP contribution in [0.3, 0.4) is 0 Å². The van der Waals surface area contributed by atoms with E-state index >= 15 is 0 Å². The maximum Gasteiger partial charge on any atom is 0.137 e. The highest BCUT2D eigenvalue weighted by Crippen LogP contribution is 2.36. The highest BCUT2D eigenvalue weighted by atomic mass is 35.5. The lowest BCUT2D eigenvalue weighted by molar-refractivity contribution is 0.0322. The molecule has 6 heteroatoms. The van der Waals surface area contributed by atoms with E-state index in [9.17, 15) is 0 Å². The third kappa shape index (κ3) is 2.61. The van der Waals surface area contributed by atoms with Crippen LogP contribution < -0.4 is 10.1 Å². The average Bonchev–Trinajstić information content (AvgIpc) is 3.02. The van der Waals surface area contributed by atoms with Gasteiger partial charge in [-0.15, -0.1) is 0 Å². The summed E-state index contributed by atoms with van der Waals surface area (Å²) in [5, 5.41) is 4.37. The number of nitrogens with zero attached hydrogens (tertiary/aromatic N) is 2. The van der Waals surface area contributed by atoms with E-state index in [4.69, 9.17) is 26.1 Å². The second-order valence-electron chi connectivity index (χ2n) is 6.47. The first kappa shape index (κ1) is 15.9. The highest BCUT2D eigenvalue weighted by Gasteiger charge is 2.40. The van der Waals surface area contributed by atoms with Crippen molar-refractivity contribution in [2.45, 2.75) is 31.3 Å². The number of imidazole rings is 1. The van der Waals surface area contributed by atoms with Crippen LogP contribution in [0.4, 0.5) is 0 Å². The number of hydrogen-bond donors (Lipinski definition) is 1. The van der Waals surface area contributed by atoms with Crippen LogP contribution in [0, 0.1) is 0 Å². The van der Waals surface area contributed by atoms with Crippen molar-refractivity contribution >= 4 is 11.6 Å². The summed E-state index contributed by atoms with van der Waals surface area (Å²) in [6, 6.07) is 5.91. The second kappa shape index (κ2) is 6.39. The van der Waals surface area contributed by atoms with Crippen molar-refractivity contribution in [1.82, 2.24) is 14.9 Å². The zero-order valence-electron chi connectivity index (χ0n) is 13.8. The maximum atomic E-state index is 6.46. The highest BCUT2D eigenvalue weighted by molar-refractivity contribution is 6.32. The molecule has 5 nitrogen and oxygen atoms in total. The predicted octanol–water partition coefficient (Wildman–Crippen LogP) is 2.74. The van der Waals surface area contributed by atoms with Crippen molar-refractivity contribution < 1.29 is 9.47 Å². The molecule has 1 saturated heterocycles. The summed E-state index contributed by atoms with van der Waals surface area (Å²) in [6.45, 7) is 3.28. The van der Waals surface area contributed by atoms with Crippen molar-refractivity contribution in [3.63, 3.8) is 0 Å². The number of ether oxygens (including phenoxy) is 2. The average molecular weight is 348 g/mol. The van der Waals surface area contributed by atoms with Crippen LogP contribution in [0.1, 0.15) is 29.8 Å². The molecule has 0 unspecified atom stereocenters. The molecular weight excluding hydrogens is 326 g/mol. The first-order valence-corrected chi connectivity index (χ1v) is 8.80.